The molecule has 0 unspecified atom stereocenters. The third-order valence-corrected chi connectivity index (χ3v) is 7.26. The first-order valence-electron chi connectivity index (χ1n) is 12.0. The van der Waals surface area contributed by atoms with Crippen LogP contribution in [0.5, 0.6) is 0 Å². The van der Waals surface area contributed by atoms with Crippen LogP contribution < -0.4 is 10.6 Å². The Kier molecular flexibility index (Phi) is 6.91. The van der Waals surface area contributed by atoms with E-state index in [0.717, 1.165) is 35.1 Å². The predicted octanol–water partition coefficient (Wildman–Crippen LogP) is 4.45. The van der Waals surface area contributed by atoms with Crippen LogP contribution >= 0.6 is 0 Å². The van der Waals surface area contributed by atoms with Gasteiger partial charge in [-0.1, -0.05) is 62.4 Å². The molecule has 1 fully saturated rings. The van der Waals surface area contributed by atoms with E-state index in [2.05, 4.69) is 29.7 Å². The van der Waals surface area contributed by atoms with Crippen molar-refractivity contribution in [2.24, 2.45) is 5.92 Å². The third-order valence-electron chi connectivity index (χ3n) is 7.26. The van der Waals surface area contributed by atoms with E-state index in [-0.39, 0.29) is 12.5 Å². The second-order valence-corrected chi connectivity index (χ2v) is 9.49. The van der Waals surface area contributed by atoms with Gasteiger partial charge in [-0.3, -0.25) is 4.79 Å². The molecule has 1 saturated carbocycles. The number of rotatable bonds is 7. The summed E-state index contributed by atoms with van der Waals surface area (Å²) in [4.78, 5) is 37.5. The fraction of sp³-hybridized carbons (Fsp3) is 0.444. The van der Waals surface area contributed by atoms with Gasteiger partial charge in [-0.2, -0.15) is 0 Å². The van der Waals surface area contributed by atoms with Gasteiger partial charge in [0.15, 0.2) is 0 Å². The summed E-state index contributed by atoms with van der Waals surface area (Å²) in [5, 5.41) is 15.1. The second kappa shape index (κ2) is 9.87. The number of aliphatic carboxylic acids is 1. The minimum Gasteiger partial charge on any atom is -0.480 e. The van der Waals surface area contributed by atoms with E-state index in [1.807, 2.05) is 36.4 Å². The SMILES string of the molecule is CC[C@H](NC(=O)OCC1c2ccccc2-c2ccccc21)C(=O)NC1(C(=O)O)CCC(C)CC1. The fourth-order valence-electron chi connectivity index (χ4n) is 5.11. The minimum absolute atomic E-state index is 0.0773. The van der Waals surface area contributed by atoms with E-state index in [1.165, 1.54) is 0 Å². The highest BCUT2D eigenvalue weighted by Gasteiger charge is 2.43. The number of carboxylic acids is 1. The van der Waals surface area contributed by atoms with Crippen molar-refractivity contribution in [3.05, 3.63) is 59.7 Å². The van der Waals surface area contributed by atoms with Gasteiger partial charge in [-0.25, -0.2) is 9.59 Å². The highest BCUT2D eigenvalue weighted by atomic mass is 16.5. The maximum atomic E-state index is 12.9. The zero-order valence-electron chi connectivity index (χ0n) is 19.7. The Morgan fingerprint density at radius 2 is 1.59 bits per heavy atom. The molecule has 0 saturated heterocycles. The Morgan fingerprint density at radius 3 is 2.12 bits per heavy atom. The van der Waals surface area contributed by atoms with Gasteiger partial charge in [-0.15, -0.1) is 0 Å². The van der Waals surface area contributed by atoms with E-state index in [9.17, 15) is 19.5 Å². The number of hydrogen-bond donors (Lipinski definition) is 3. The Bertz CT molecular complexity index is 1030. The van der Waals surface area contributed by atoms with Crippen LogP contribution in [0.2, 0.25) is 0 Å². The molecule has 2 amide bonds. The first kappa shape index (κ1) is 23.8. The summed E-state index contributed by atoms with van der Waals surface area (Å²) in [6.45, 7) is 4.00. The van der Waals surface area contributed by atoms with E-state index < -0.39 is 29.6 Å². The molecule has 0 bridgehead atoms. The van der Waals surface area contributed by atoms with Crippen LogP contribution in [0.15, 0.2) is 48.5 Å². The number of alkyl carbamates (subject to hydrolysis) is 1. The maximum absolute atomic E-state index is 12.9. The molecular weight excluding hydrogens is 432 g/mol. The number of carbonyl (C=O) groups excluding carboxylic acids is 2. The first-order chi connectivity index (χ1) is 16.3. The normalized spacial score (nSPS) is 22.2. The average molecular weight is 465 g/mol. The largest absolute Gasteiger partial charge is 0.480 e. The summed E-state index contributed by atoms with van der Waals surface area (Å²) in [5.41, 5.74) is 3.21. The number of fused-ring (bicyclic) bond motifs is 3. The molecule has 2 aliphatic rings. The standard InChI is InChI=1S/C27H32N2O5/c1-3-23(24(30)29-27(25(31)32)14-12-17(2)13-15-27)28-26(33)34-16-22-20-10-6-4-8-18(20)19-9-5-7-11-21(19)22/h4-11,17,22-23H,3,12-16H2,1-2H3,(H,28,33)(H,29,30)(H,31,32)/t17?,23-,27?/m0/s1. The van der Waals surface area contributed by atoms with Gasteiger partial charge in [0, 0.05) is 5.92 Å². The quantitative estimate of drug-likeness (QED) is 0.561. The Morgan fingerprint density at radius 1 is 1.03 bits per heavy atom. The summed E-state index contributed by atoms with van der Waals surface area (Å²) in [5.74, 6) is -1.16. The lowest BCUT2D eigenvalue weighted by molar-refractivity contribution is -0.150. The van der Waals surface area contributed by atoms with Crippen LogP contribution in [-0.4, -0.2) is 41.3 Å². The summed E-state index contributed by atoms with van der Waals surface area (Å²) < 4.78 is 5.55. The third kappa shape index (κ3) is 4.65. The Labute approximate surface area is 199 Å². The van der Waals surface area contributed by atoms with Crippen LogP contribution in [-0.2, 0) is 14.3 Å². The number of hydrogen-bond acceptors (Lipinski definition) is 4. The lowest BCUT2D eigenvalue weighted by Crippen LogP contribution is -2.60. The number of carbonyl (C=O) groups is 3. The predicted molar refractivity (Wildman–Crippen MR) is 128 cm³/mol. The topological polar surface area (TPSA) is 105 Å². The number of amides is 2. The number of ether oxygens (including phenoxy) is 1. The smallest absolute Gasteiger partial charge is 0.407 e. The summed E-state index contributed by atoms with van der Waals surface area (Å²) >= 11 is 0. The lowest BCUT2D eigenvalue weighted by atomic mass is 9.77. The molecule has 2 aromatic carbocycles. The molecule has 0 spiro atoms. The number of benzene rings is 2. The summed E-state index contributed by atoms with van der Waals surface area (Å²) in [6, 6.07) is 15.3. The summed E-state index contributed by atoms with van der Waals surface area (Å²) in [7, 11) is 0. The average Bonchev–Trinajstić information content (AvgIpc) is 3.16. The number of carboxylic acid groups (broad SMARTS) is 1. The molecule has 2 aliphatic carbocycles. The highest BCUT2D eigenvalue weighted by molar-refractivity contribution is 5.91. The van der Waals surface area contributed by atoms with Crippen molar-refractivity contribution in [3.8, 4) is 11.1 Å². The van der Waals surface area contributed by atoms with Crippen molar-refractivity contribution in [2.45, 2.75) is 63.5 Å². The molecule has 7 heteroatoms. The van der Waals surface area contributed by atoms with Crippen LogP contribution in [0.25, 0.3) is 11.1 Å². The van der Waals surface area contributed by atoms with Crippen molar-refractivity contribution in [3.63, 3.8) is 0 Å². The maximum Gasteiger partial charge on any atom is 0.407 e. The molecular formula is C27H32N2O5. The monoisotopic (exact) mass is 464 g/mol. The molecule has 0 aliphatic heterocycles. The Balaban J connectivity index is 1.38. The van der Waals surface area contributed by atoms with Crippen LogP contribution in [0.3, 0.4) is 0 Å². The van der Waals surface area contributed by atoms with Gasteiger partial charge in [0.1, 0.15) is 18.2 Å². The zero-order chi connectivity index (χ0) is 24.3. The van der Waals surface area contributed by atoms with Gasteiger partial charge in [0.25, 0.3) is 0 Å². The molecule has 7 nitrogen and oxygen atoms in total. The van der Waals surface area contributed by atoms with E-state index in [0.29, 0.717) is 25.2 Å². The molecule has 180 valence electrons. The van der Waals surface area contributed by atoms with E-state index in [4.69, 9.17) is 4.74 Å². The van der Waals surface area contributed by atoms with Crippen LogP contribution in [0, 0.1) is 5.92 Å². The molecule has 0 aromatic heterocycles. The number of nitrogens with one attached hydrogen (secondary N) is 2. The van der Waals surface area contributed by atoms with Gasteiger partial charge in [0.05, 0.1) is 0 Å². The molecule has 2 aromatic rings. The van der Waals surface area contributed by atoms with Crippen LogP contribution in [0.4, 0.5) is 4.79 Å². The van der Waals surface area contributed by atoms with Crippen molar-refractivity contribution < 1.29 is 24.2 Å². The van der Waals surface area contributed by atoms with Gasteiger partial charge >= 0.3 is 12.1 Å². The lowest BCUT2D eigenvalue weighted by Gasteiger charge is -2.37. The summed E-state index contributed by atoms with van der Waals surface area (Å²) in [6.07, 6.45) is 1.88. The highest BCUT2D eigenvalue weighted by Crippen LogP contribution is 2.44. The zero-order valence-corrected chi connectivity index (χ0v) is 19.7. The molecule has 0 radical (unpaired) electrons. The molecule has 4 rings (SSSR count). The van der Waals surface area contributed by atoms with Gasteiger partial charge in [0.2, 0.25) is 5.91 Å². The Hall–Kier alpha value is -3.35. The van der Waals surface area contributed by atoms with Gasteiger partial charge in [-0.05, 0) is 60.3 Å². The molecule has 3 N–H and O–H groups in total. The molecule has 1 atom stereocenters. The van der Waals surface area contributed by atoms with Crippen LogP contribution in [0.1, 0.15) is 63.0 Å². The second-order valence-electron chi connectivity index (χ2n) is 9.49. The van der Waals surface area contributed by atoms with E-state index >= 15 is 0 Å². The van der Waals surface area contributed by atoms with Crippen molar-refractivity contribution in [2.75, 3.05) is 6.61 Å². The fourth-order valence-corrected chi connectivity index (χ4v) is 5.11. The minimum atomic E-state index is -1.28. The van der Waals surface area contributed by atoms with Crippen molar-refractivity contribution in [1.29, 1.82) is 0 Å². The van der Waals surface area contributed by atoms with Crippen molar-refractivity contribution >= 4 is 18.0 Å². The van der Waals surface area contributed by atoms with E-state index in [1.54, 1.807) is 6.92 Å². The molecule has 0 heterocycles. The van der Waals surface area contributed by atoms with Crippen molar-refractivity contribution in [1.82, 2.24) is 10.6 Å². The first-order valence-corrected chi connectivity index (χ1v) is 12.0. The molecule has 34 heavy (non-hydrogen) atoms. The van der Waals surface area contributed by atoms with Gasteiger partial charge < -0.3 is 20.5 Å².